The first-order valence-electron chi connectivity index (χ1n) is 4.98. The van der Waals surface area contributed by atoms with E-state index in [0.29, 0.717) is 5.92 Å². The molecule has 0 bridgehead atoms. The molecule has 0 heterocycles. The Morgan fingerprint density at radius 1 is 1.23 bits per heavy atom. The molecule has 1 fully saturated rings. The van der Waals surface area contributed by atoms with E-state index in [1.807, 2.05) is 0 Å². The van der Waals surface area contributed by atoms with Crippen LogP contribution in [0, 0.1) is 5.92 Å². The molecule has 0 aromatic heterocycles. The Labute approximate surface area is 84.9 Å². The van der Waals surface area contributed by atoms with E-state index in [4.69, 9.17) is 11.6 Å². The Morgan fingerprint density at radius 3 is 2.31 bits per heavy atom. The van der Waals surface area contributed by atoms with E-state index >= 15 is 0 Å². The van der Waals surface area contributed by atoms with Gasteiger partial charge in [0.25, 0.3) is 0 Å². The zero-order valence-electron chi connectivity index (χ0n) is 7.91. The molecule has 1 heteroatoms. The summed E-state index contributed by atoms with van der Waals surface area (Å²) in [6.07, 6.45) is 2.72. The highest BCUT2D eigenvalue weighted by Crippen LogP contribution is 2.45. The van der Waals surface area contributed by atoms with Gasteiger partial charge >= 0.3 is 0 Å². The third kappa shape index (κ3) is 2.05. The van der Waals surface area contributed by atoms with Crippen molar-refractivity contribution in [2.45, 2.75) is 31.1 Å². The largest absolute Gasteiger partial charge is 0.123 e. The van der Waals surface area contributed by atoms with E-state index < -0.39 is 0 Å². The average molecular weight is 195 g/mol. The van der Waals surface area contributed by atoms with Crippen LogP contribution in [0.5, 0.6) is 0 Å². The van der Waals surface area contributed by atoms with Crippen LogP contribution in [0.25, 0.3) is 0 Å². The van der Waals surface area contributed by atoms with Gasteiger partial charge in [0.05, 0.1) is 0 Å². The third-order valence-electron chi connectivity index (χ3n) is 2.81. The molecule has 1 aromatic carbocycles. The minimum Gasteiger partial charge on any atom is -0.123 e. The van der Waals surface area contributed by atoms with Crippen molar-refractivity contribution in [1.82, 2.24) is 0 Å². The van der Waals surface area contributed by atoms with Gasteiger partial charge in [0, 0.05) is 11.3 Å². The molecular formula is C12H15Cl. The second-order valence-corrected chi connectivity index (χ2v) is 4.64. The van der Waals surface area contributed by atoms with Crippen LogP contribution in [-0.2, 0) is 0 Å². The van der Waals surface area contributed by atoms with E-state index in [2.05, 4.69) is 37.3 Å². The van der Waals surface area contributed by atoms with Gasteiger partial charge in [-0.2, -0.15) is 0 Å². The fourth-order valence-corrected chi connectivity index (χ4v) is 2.39. The zero-order chi connectivity index (χ0) is 9.26. The van der Waals surface area contributed by atoms with Crippen LogP contribution in [-0.4, -0.2) is 5.38 Å². The molecule has 2 unspecified atom stereocenters. The molecule has 1 saturated carbocycles. The number of benzene rings is 1. The lowest BCUT2D eigenvalue weighted by Crippen LogP contribution is -2.11. The van der Waals surface area contributed by atoms with Crippen LogP contribution in [0.2, 0.25) is 0 Å². The Hall–Kier alpha value is -0.490. The number of alkyl halides is 1. The summed E-state index contributed by atoms with van der Waals surface area (Å²) in [5.41, 5.74) is 1.41. The normalized spacial score (nSPS) is 21.1. The smallest absolute Gasteiger partial charge is 0.0379 e. The average Bonchev–Trinajstić information content (AvgIpc) is 2.90. The van der Waals surface area contributed by atoms with E-state index in [1.54, 1.807) is 0 Å². The van der Waals surface area contributed by atoms with E-state index in [9.17, 15) is 0 Å². The van der Waals surface area contributed by atoms with E-state index in [0.717, 1.165) is 5.92 Å². The molecule has 1 aliphatic carbocycles. The molecule has 0 aliphatic heterocycles. The first-order chi connectivity index (χ1) is 6.29. The lowest BCUT2D eigenvalue weighted by Gasteiger charge is -2.18. The molecule has 1 aromatic rings. The Morgan fingerprint density at radius 2 is 1.85 bits per heavy atom. The highest BCUT2D eigenvalue weighted by Gasteiger charge is 2.34. The molecule has 1 aliphatic rings. The van der Waals surface area contributed by atoms with Crippen molar-refractivity contribution in [3.8, 4) is 0 Å². The fraction of sp³-hybridized carbons (Fsp3) is 0.500. The molecule has 2 atom stereocenters. The van der Waals surface area contributed by atoms with Gasteiger partial charge in [0.1, 0.15) is 0 Å². The van der Waals surface area contributed by atoms with Crippen LogP contribution < -0.4 is 0 Å². The quantitative estimate of drug-likeness (QED) is 0.642. The van der Waals surface area contributed by atoms with Crippen molar-refractivity contribution in [3.63, 3.8) is 0 Å². The second kappa shape index (κ2) is 3.71. The summed E-state index contributed by atoms with van der Waals surface area (Å²) in [6.45, 7) is 2.11. The molecule has 0 radical (unpaired) electrons. The maximum Gasteiger partial charge on any atom is 0.0379 e. The summed E-state index contributed by atoms with van der Waals surface area (Å²) in [7, 11) is 0. The van der Waals surface area contributed by atoms with Crippen molar-refractivity contribution < 1.29 is 0 Å². The number of hydrogen-bond acceptors (Lipinski definition) is 0. The van der Waals surface area contributed by atoms with Gasteiger partial charge in [0.2, 0.25) is 0 Å². The SMILES string of the molecule is CC(Cl)C(c1ccccc1)C1CC1. The van der Waals surface area contributed by atoms with Crippen molar-refractivity contribution in [3.05, 3.63) is 35.9 Å². The summed E-state index contributed by atoms with van der Waals surface area (Å²) >= 11 is 6.21. The van der Waals surface area contributed by atoms with Gasteiger partial charge in [-0.05, 0) is 31.2 Å². The molecule has 0 nitrogen and oxygen atoms in total. The highest BCUT2D eigenvalue weighted by molar-refractivity contribution is 6.20. The third-order valence-corrected chi connectivity index (χ3v) is 3.08. The van der Waals surface area contributed by atoms with Crippen LogP contribution >= 0.6 is 11.6 Å². The summed E-state index contributed by atoms with van der Waals surface area (Å²) in [4.78, 5) is 0. The lowest BCUT2D eigenvalue weighted by atomic mass is 9.91. The molecule has 0 spiro atoms. The predicted octanol–water partition coefficient (Wildman–Crippen LogP) is 3.81. The van der Waals surface area contributed by atoms with Crippen molar-refractivity contribution in [2.24, 2.45) is 5.92 Å². The van der Waals surface area contributed by atoms with Crippen LogP contribution in [0.15, 0.2) is 30.3 Å². The van der Waals surface area contributed by atoms with E-state index in [1.165, 1.54) is 18.4 Å². The Bertz CT molecular complexity index is 260. The molecule has 70 valence electrons. The number of halogens is 1. The molecule has 2 rings (SSSR count). The van der Waals surface area contributed by atoms with Gasteiger partial charge in [-0.3, -0.25) is 0 Å². The van der Waals surface area contributed by atoms with Crippen molar-refractivity contribution in [1.29, 1.82) is 0 Å². The van der Waals surface area contributed by atoms with Gasteiger partial charge in [0.15, 0.2) is 0 Å². The Balaban J connectivity index is 2.20. The first kappa shape index (κ1) is 9.08. The maximum absolute atomic E-state index is 6.21. The van der Waals surface area contributed by atoms with Crippen molar-refractivity contribution >= 4 is 11.6 Å². The van der Waals surface area contributed by atoms with Gasteiger partial charge < -0.3 is 0 Å². The standard InChI is InChI=1S/C12H15Cl/c1-9(13)12(11-7-8-11)10-5-3-2-4-6-10/h2-6,9,11-12H,7-8H2,1H3. The monoisotopic (exact) mass is 194 g/mol. The van der Waals surface area contributed by atoms with Gasteiger partial charge in [-0.25, -0.2) is 0 Å². The topological polar surface area (TPSA) is 0 Å². The minimum atomic E-state index is 0.259. The first-order valence-corrected chi connectivity index (χ1v) is 5.41. The van der Waals surface area contributed by atoms with E-state index in [-0.39, 0.29) is 5.38 Å². The summed E-state index contributed by atoms with van der Waals surface area (Å²) < 4.78 is 0. The fourth-order valence-electron chi connectivity index (χ4n) is 2.04. The summed E-state index contributed by atoms with van der Waals surface area (Å²) in [5.74, 6) is 1.41. The van der Waals surface area contributed by atoms with Gasteiger partial charge in [-0.1, -0.05) is 30.3 Å². The second-order valence-electron chi connectivity index (χ2n) is 3.95. The summed E-state index contributed by atoms with van der Waals surface area (Å²) in [6, 6.07) is 10.7. The molecule has 0 N–H and O–H groups in total. The number of rotatable bonds is 3. The van der Waals surface area contributed by atoms with Crippen LogP contribution in [0.3, 0.4) is 0 Å². The summed E-state index contributed by atoms with van der Waals surface area (Å²) in [5, 5.41) is 0.259. The predicted molar refractivity (Wildman–Crippen MR) is 57.2 cm³/mol. The zero-order valence-corrected chi connectivity index (χ0v) is 8.67. The highest BCUT2D eigenvalue weighted by atomic mass is 35.5. The molecular weight excluding hydrogens is 180 g/mol. The number of hydrogen-bond donors (Lipinski definition) is 0. The van der Waals surface area contributed by atoms with Crippen LogP contribution in [0.4, 0.5) is 0 Å². The van der Waals surface area contributed by atoms with Gasteiger partial charge in [-0.15, -0.1) is 11.6 Å². The molecule has 13 heavy (non-hydrogen) atoms. The van der Waals surface area contributed by atoms with Crippen LogP contribution in [0.1, 0.15) is 31.2 Å². The Kier molecular flexibility index (Phi) is 2.59. The maximum atomic E-state index is 6.21. The minimum absolute atomic E-state index is 0.259. The van der Waals surface area contributed by atoms with Crippen molar-refractivity contribution in [2.75, 3.05) is 0 Å². The lowest BCUT2D eigenvalue weighted by molar-refractivity contribution is 0.594. The molecule has 0 amide bonds. The molecule has 0 saturated heterocycles.